The number of hydrogen-bond donors (Lipinski definition) is 2. The summed E-state index contributed by atoms with van der Waals surface area (Å²) in [6, 6.07) is 8.93. The van der Waals surface area contributed by atoms with Gasteiger partial charge in [-0.3, -0.25) is 9.59 Å². The van der Waals surface area contributed by atoms with Crippen molar-refractivity contribution < 1.29 is 9.59 Å². The quantitative estimate of drug-likeness (QED) is 0.835. The van der Waals surface area contributed by atoms with Crippen LogP contribution in [0.2, 0.25) is 0 Å². The van der Waals surface area contributed by atoms with Crippen LogP contribution in [0.1, 0.15) is 19.3 Å². The first-order chi connectivity index (χ1) is 11.2. The lowest BCUT2D eigenvalue weighted by Crippen LogP contribution is -2.46. The van der Waals surface area contributed by atoms with Gasteiger partial charge in [0.2, 0.25) is 17.6 Å². The molecule has 120 valence electrons. The van der Waals surface area contributed by atoms with E-state index < -0.39 is 6.04 Å². The molecule has 2 N–H and O–H groups in total. The van der Waals surface area contributed by atoms with E-state index in [1.54, 1.807) is 0 Å². The molecule has 1 aromatic heterocycles. The number of benzene rings is 1. The van der Waals surface area contributed by atoms with Gasteiger partial charge in [0.1, 0.15) is 12.6 Å². The maximum atomic E-state index is 12.1. The van der Waals surface area contributed by atoms with Crippen molar-refractivity contribution >= 4 is 11.8 Å². The second kappa shape index (κ2) is 6.99. The summed E-state index contributed by atoms with van der Waals surface area (Å²) < 4.78 is 0. The summed E-state index contributed by atoms with van der Waals surface area (Å²) in [6.07, 6.45) is 2.49. The Balaban J connectivity index is 1.60. The number of aromatic nitrogens is 4. The summed E-state index contributed by atoms with van der Waals surface area (Å²) in [4.78, 5) is 25.1. The molecule has 1 fully saturated rings. The van der Waals surface area contributed by atoms with Crippen LogP contribution in [0.4, 0.5) is 0 Å². The molecule has 2 aromatic rings. The molecule has 0 aliphatic carbocycles. The van der Waals surface area contributed by atoms with Crippen LogP contribution < -0.4 is 10.6 Å². The molecule has 1 aliphatic heterocycles. The third kappa shape index (κ3) is 3.91. The number of carbonyl (C=O) groups is 2. The van der Waals surface area contributed by atoms with Crippen molar-refractivity contribution in [1.29, 1.82) is 0 Å². The average molecular weight is 314 g/mol. The number of nitrogens with zero attached hydrogens (tertiary/aromatic N) is 4. The van der Waals surface area contributed by atoms with Crippen LogP contribution in [0.3, 0.4) is 0 Å². The first kappa shape index (κ1) is 15.1. The van der Waals surface area contributed by atoms with E-state index in [0.717, 1.165) is 18.4 Å². The molecular formula is C15H18N6O2. The molecule has 2 heterocycles. The normalized spacial score (nSPS) is 18.1. The summed E-state index contributed by atoms with van der Waals surface area (Å²) in [6.45, 7) is 0.597. The first-order valence-electron chi connectivity index (χ1n) is 7.63. The Hall–Kier alpha value is -2.77. The van der Waals surface area contributed by atoms with Crippen molar-refractivity contribution in [2.45, 2.75) is 31.8 Å². The molecule has 3 rings (SSSR count). The highest BCUT2D eigenvalue weighted by atomic mass is 16.2. The Kier molecular flexibility index (Phi) is 4.60. The second-order valence-electron chi connectivity index (χ2n) is 5.42. The minimum Gasteiger partial charge on any atom is -0.354 e. The maximum Gasteiger partial charge on any atom is 0.244 e. The van der Waals surface area contributed by atoms with Gasteiger partial charge in [-0.25, -0.2) is 0 Å². The number of carbonyl (C=O) groups excluding carboxylic acids is 2. The lowest BCUT2D eigenvalue weighted by Gasteiger charge is -2.14. The standard InChI is InChI=1S/C15H18N6O2/c22-13(17-12-8-4-5-9-16-15(12)23)10-21-19-14(18-20-21)11-6-2-1-3-7-11/h1-3,6-7,12H,4-5,8-10H2,(H,16,23)(H,17,22)/t12-/m0/s1. The predicted octanol–water partition coefficient (Wildman–Crippen LogP) is 0.125. The minimum absolute atomic E-state index is 0.0659. The van der Waals surface area contributed by atoms with Gasteiger partial charge in [0.25, 0.3) is 0 Å². The minimum atomic E-state index is -0.484. The van der Waals surface area contributed by atoms with Crippen LogP contribution in [0.15, 0.2) is 30.3 Å². The number of rotatable bonds is 4. The van der Waals surface area contributed by atoms with Crippen LogP contribution in [0.25, 0.3) is 11.4 Å². The summed E-state index contributed by atoms with van der Waals surface area (Å²) in [5.74, 6) is 0.0297. The molecule has 1 atom stereocenters. The largest absolute Gasteiger partial charge is 0.354 e. The third-order valence-corrected chi connectivity index (χ3v) is 3.64. The second-order valence-corrected chi connectivity index (χ2v) is 5.42. The Morgan fingerprint density at radius 1 is 1.30 bits per heavy atom. The summed E-state index contributed by atoms with van der Waals surface area (Å²) in [5.41, 5.74) is 0.835. The smallest absolute Gasteiger partial charge is 0.244 e. The highest BCUT2D eigenvalue weighted by Crippen LogP contribution is 2.11. The van der Waals surface area contributed by atoms with Gasteiger partial charge in [0.05, 0.1) is 0 Å². The van der Waals surface area contributed by atoms with E-state index in [4.69, 9.17) is 0 Å². The van der Waals surface area contributed by atoms with Gasteiger partial charge in [-0.15, -0.1) is 10.2 Å². The highest BCUT2D eigenvalue weighted by molar-refractivity contribution is 5.87. The van der Waals surface area contributed by atoms with Crippen molar-refractivity contribution in [1.82, 2.24) is 30.8 Å². The molecule has 0 spiro atoms. The van der Waals surface area contributed by atoms with Crippen LogP contribution in [-0.2, 0) is 16.1 Å². The molecule has 1 aromatic carbocycles. The number of nitrogens with one attached hydrogen (secondary N) is 2. The lowest BCUT2D eigenvalue weighted by molar-refractivity contribution is -0.129. The van der Waals surface area contributed by atoms with Crippen LogP contribution >= 0.6 is 0 Å². The Morgan fingerprint density at radius 3 is 2.96 bits per heavy atom. The van der Waals surface area contributed by atoms with Crippen molar-refractivity contribution in [3.05, 3.63) is 30.3 Å². The fourth-order valence-corrected chi connectivity index (χ4v) is 2.46. The molecular weight excluding hydrogens is 296 g/mol. The average Bonchev–Trinajstić information content (AvgIpc) is 2.93. The van der Waals surface area contributed by atoms with Crippen molar-refractivity contribution in [3.63, 3.8) is 0 Å². The van der Waals surface area contributed by atoms with Crippen LogP contribution in [-0.4, -0.2) is 44.6 Å². The van der Waals surface area contributed by atoms with E-state index in [1.807, 2.05) is 30.3 Å². The number of tetrazole rings is 1. The third-order valence-electron chi connectivity index (χ3n) is 3.64. The van der Waals surface area contributed by atoms with Gasteiger partial charge in [0, 0.05) is 12.1 Å². The van der Waals surface area contributed by atoms with Crippen LogP contribution in [0, 0.1) is 0 Å². The SMILES string of the molecule is O=C(Cn1nnc(-c2ccccc2)n1)N[C@H]1CCCCNC1=O. The zero-order valence-electron chi connectivity index (χ0n) is 12.6. The van der Waals surface area contributed by atoms with Gasteiger partial charge in [-0.05, 0) is 24.5 Å². The Morgan fingerprint density at radius 2 is 2.13 bits per heavy atom. The van der Waals surface area contributed by atoms with E-state index in [9.17, 15) is 9.59 Å². The summed E-state index contributed by atoms with van der Waals surface area (Å²) in [7, 11) is 0. The van der Waals surface area contributed by atoms with E-state index >= 15 is 0 Å². The maximum absolute atomic E-state index is 12.1. The highest BCUT2D eigenvalue weighted by Gasteiger charge is 2.22. The predicted molar refractivity (Wildman–Crippen MR) is 82.0 cm³/mol. The molecule has 0 radical (unpaired) electrons. The van der Waals surface area contributed by atoms with E-state index in [1.165, 1.54) is 4.80 Å². The molecule has 1 aliphatic rings. The molecule has 0 saturated carbocycles. The zero-order chi connectivity index (χ0) is 16.1. The molecule has 8 heteroatoms. The number of hydrogen-bond acceptors (Lipinski definition) is 5. The zero-order valence-corrected chi connectivity index (χ0v) is 12.6. The lowest BCUT2D eigenvalue weighted by atomic mass is 10.1. The summed E-state index contributed by atoms with van der Waals surface area (Å²) >= 11 is 0. The first-order valence-corrected chi connectivity index (χ1v) is 7.63. The molecule has 8 nitrogen and oxygen atoms in total. The van der Waals surface area contributed by atoms with Crippen molar-refractivity contribution in [3.8, 4) is 11.4 Å². The van der Waals surface area contributed by atoms with E-state index in [0.29, 0.717) is 18.8 Å². The number of amides is 2. The molecule has 23 heavy (non-hydrogen) atoms. The van der Waals surface area contributed by atoms with Crippen molar-refractivity contribution in [2.24, 2.45) is 0 Å². The van der Waals surface area contributed by atoms with E-state index in [2.05, 4.69) is 26.0 Å². The van der Waals surface area contributed by atoms with Gasteiger partial charge < -0.3 is 10.6 Å². The fraction of sp³-hybridized carbons (Fsp3) is 0.400. The Labute approximate surface area is 133 Å². The molecule has 2 amide bonds. The van der Waals surface area contributed by atoms with Gasteiger partial charge in [-0.2, -0.15) is 4.80 Å². The molecule has 0 unspecified atom stereocenters. The Bertz CT molecular complexity index is 684. The van der Waals surface area contributed by atoms with E-state index in [-0.39, 0.29) is 18.4 Å². The molecule has 0 bridgehead atoms. The fourth-order valence-electron chi connectivity index (χ4n) is 2.46. The molecule has 1 saturated heterocycles. The van der Waals surface area contributed by atoms with Crippen LogP contribution in [0.5, 0.6) is 0 Å². The topological polar surface area (TPSA) is 102 Å². The van der Waals surface area contributed by atoms with Gasteiger partial charge in [-0.1, -0.05) is 30.3 Å². The van der Waals surface area contributed by atoms with Crippen molar-refractivity contribution in [2.75, 3.05) is 6.54 Å². The monoisotopic (exact) mass is 314 g/mol. The summed E-state index contributed by atoms with van der Waals surface area (Å²) in [5, 5.41) is 17.5. The van der Waals surface area contributed by atoms with Gasteiger partial charge >= 0.3 is 0 Å². The van der Waals surface area contributed by atoms with Gasteiger partial charge in [0.15, 0.2) is 0 Å².